The van der Waals surface area contributed by atoms with Gasteiger partial charge in [0.25, 0.3) is 5.91 Å². The molecule has 0 aromatic heterocycles. The molecule has 2 fully saturated rings. The number of hydrazine groups is 1. The summed E-state index contributed by atoms with van der Waals surface area (Å²) in [6, 6.07) is 0.934. The summed E-state index contributed by atoms with van der Waals surface area (Å²) in [6.45, 7) is 7.44. The fourth-order valence-electron chi connectivity index (χ4n) is 3.19. The maximum absolute atomic E-state index is 11.6. The van der Waals surface area contributed by atoms with E-state index in [1.807, 2.05) is 6.92 Å². The quantitative estimate of drug-likeness (QED) is 0.403. The van der Waals surface area contributed by atoms with Crippen LogP contribution in [0.1, 0.15) is 33.1 Å². The lowest BCUT2D eigenvalue weighted by molar-refractivity contribution is -0.129. The van der Waals surface area contributed by atoms with Gasteiger partial charge >= 0.3 is 0 Å². The molecule has 0 radical (unpaired) electrons. The highest BCUT2D eigenvalue weighted by Crippen LogP contribution is 2.25. The molecule has 0 saturated carbocycles. The van der Waals surface area contributed by atoms with Crippen LogP contribution >= 0.6 is 0 Å². The van der Waals surface area contributed by atoms with Gasteiger partial charge in [-0.25, -0.2) is 5.84 Å². The Morgan fingerprint density at radius 2 is 2.18 bits per heavy atom. The van der Waals surface area contributed by atoms with Crippen molar-refractivity contribution in [2.75, 3.05) is 19.6 Å². The van der Waals surface area contributed by atoms with E-state index in [1.165, 1.54) is 25.8 Å². The molecular weight excluding hydrogens is 216 g/mol. The molecule has 17 heavy (non-hydrogen) atoms. The molecule has 3 N–H and O–H groups in total. The number of carbonyl (C=O) groups is 1. The molecule has 0 aromatic carbocycles. The molecule has 0 bridgehead atoms. The molecule has 2 aliphatic heterocycles. The largest absolute Gasteiger partial charge is 0.298 e. The number of piperazine rings is 1. The van der Waals surface area contributed by atoms with E-state index in [0.717, 1.165) is 13.1 Å². The first-order valence-corrected chi connectivity index (χ1v) is 6.63. The van der Waals surface area contributed by atoms with Gasteiger partial charge in [-0.1, -0.05) is 6.42 Å². The molecule has 0 spiro atoms. The summed E-state index contributed by atoms with van der Waals surface area (Å²) < 4.78 is 0. The number of fused-ring (bicyclic) bond motifs is 1. The summed E-state index contributed by atoms with van der Waals surface area (Å²) in [5.41, 5.74) is 2.26. The fraction of sp³-hybridized carbons (Fsp3) is 0.917. The van der Waals surface area contributed by atoms with Crippen molar-refractivity contribution < 1.29 is 4.79 Å². The first-order chi connectivity index (χ1) is 8.13. The Kier molecular flexibility index (Phi) is 4.01. The van der Waals surface area contributed by atoms with E-state index < -0.39 is 0 Å². The molecule has 2 heterocycles. The summed E-state index contributed by atoms with van der Waals surface area (Å²) >= 11 is 0. The molecule has 2 rings (SSSR count). The Morgan fingerprint density at radius 3 is 2.88 bits per heavy atom. The van der Waals surface area contributed by atoms with Crippen molar-refractivity contribution in [3.63, 3.8) is 0 Å². The molecule has 3 unspecified atom stereocenters. The van der Waals surface area contributed by atoms with Crippen LogP contribution in [0.2, 0.25) is 0 Å². The average molecular weight is 240 g/mol. The first-order valence-electron chi connectivity index (χ1n) is 6.63. The fourth-order valence-corrected chi connectivity index (χ4v) is 3.19. The zero-order valence-electron chi connectivity index (χ0n) is 10.9. The number of piperidine rings is 1. The average Bonchev–Trinajstić information content (AvgIpc) is 2.36. The molecule has 2 saturated heterocycles. The molecule has 98 valence electrons. The van der Waals surface area contributed by atoms with Crippen molar-refractivity contribution in [2.45, 2.75) is 51.2 Å². The van der Waals surface area contributed by atoms with Crippen LogP contribution < -0.4 is 11.3 Å². The number of nitrogens with two attached hydrogens (primary N) is 1. The third-order valence-corrected chi connectivity index (χ3v) is 4.25. The van der Waals surface area contributed by atoms with Crippen molar-refractivity contribution in [3.05, 3.63) is 0 Å². The Morgan fingerprint density at radius 1 is 1.41 bits per heavy atom. The van der Waals surface area contributed by atoms with Gasteiger partial charge in [0.1, 0.15) is 0 Å². The third kappa shape index (κ3) is 2.61. The van der Waals surface area contributed by atoms with Crippen molar-refractivity contribution in [1.29, 1.82) is 0 Å². The zero-order valence-corrected chi connectivity index (χ0v) is 10.9. The smallest absolute Gasteiger partial charge is 0.250 e. The highest BCUT2D eigenvalue weighted by atomic mass is 16.2. The van der Waals surface area contributed by atoms with E-state index >= 15 is 0 Å². The van der Waals surface area contributed by atoms with E-state index in [1.54, 1.807) is 0 Å². The summed E-state index contributed by atoms with van der Waals surface area (Å²) in [7, 11) is 0. The van der Waals surface area contributed by atoms with Crippen molar-refractivity contribution in [3.8, 4) is 0 Å². The Labute approximate surface area is 103 Å². The van der Waals surface area contributed by atoms with Crippen molar-refractivity contribution in [2.24, 2.45) is 5.84 Å². The van der Waals surface area contributed by atoms with E-state index in [9.17, 15) is 4.79 Å². The molecule has 5 nitrogen and oxygen atoms in total. The zero-order chi connectivity index (χ0) is 12.4. The van der Waals surface area contributed by atoms with E-state index in [2.05, 4.69) is 22.1 Å². The van der Waals surface area contributed by atoms with Gasteiger partial charge in [-0.2, -0.15) is 0 Å². The lowest BCUT2D eigenvalue weighted by Crippen LogP contribution is -2.63. The lowest BCUT2D eigenvalue weighted by atomic mass is 9.96. The molecule has 3 atom stereocenters. The van der Waals surface area contributed by atoms with Crippen LogP contribution in [0.3, 0.4) is 0 Å². The van der Waals surface area contributed by atoms with Gasteiger partial charge in [0.05, 0.1) is 6.04 Å². The van der Waals surface area contributed by atoms with Crippen LogP contribution in [0.5, 0.6) is 0 Å². The lowest BCUT2D eigenvalue weighted by Gasteiger charge is -2.49. The third-order valence-electron chi connectivity index (χ3n) is 4.25. The normalized spacial score (nSPS) is 32.9. The Balaban J connectivity index is 2.01. The van der Waals surface area contributed by atoms with E-state index in [4.69, 9.17) is 5.84 Å². The SMILES string of the molecule is CC1CN2CCCCC2CN1C(C)C(=O)NN. The number of rotatable bonds is 2. The number of nitrogens with one attached hydrogen (secondary N) is 1. The number of amides is 1. The molecular formula is C12H24N4O. The summed E-state index contributed by atoms with van der Waals surface area (Å²) in [6.07, 6.45) is 3.91. The van der Waals surface area contributed by atoms with Gasteiger partial charge in [0.15, 0.2) is 0 Å². The Bertz CT molecular complexity index is 284. The van der Waals surface area contributed by atoms with E-state index in [0.29, 0.717) is 12.1 Å². The van der Waals surface area contributed by atoms with Gasteiger partial charge in [0, 0.05) is 25.2 Å². The van der Waals surface area contributed by atoms with Crippen LogP contribution in [0, 0.1) is 0 Å². The summed E-state index contributed by atoms with van der Waals surface area (Å²) in [4.78, 5) is 16.5. The number of nitrogens with zero attached hydrogens (tertiary/aromatic N) is 2. The molecule has 2 aliphatic rings. The van der Waals surface area contributed by atoms with Gasteiger partial charge in [-0.3, -0.25) is 20.0 Å². The maximum Gasteiger partial charge on any atom is 0.250 e. The topological polar surface area (TPSA) is 61.6 Å². The standard InChI is InChI=1S/C12H24N4O/c1-9-7-15-6-4-3-5-11(15)8-16(9)10(2)12(17)14-13/h9-11H,3-8,13H2,1-2H3,(H,14,17). The van der Waals surface area contributed by atoms with Crippen LogP contribution in [0.25, 0.3) is 0 Å². The molecule has 0 aliphatic carbocycles. The minimum atomic E-state index is -0.126. The number of hydrogen-bond acceptors (Lipinski definition) is 4. The minimum absolute atomic E-state index is 0.0823. The number of carbonyl (C=O) groups excluding carboxylic acids is 1. The summed E-state index contributed by atoms with van der Waals surface area (Å²) in [5, 5.41) is 0. The highest BCUT2D eigenvalue weighted by molar-refractivity contribution is 5.80. The first kappa shape index (κ1) is 12.8. The van der Waals surface area contributed by atoms with Gasteiger partial charge in [-0.15, -0.1) is 0 Å². The Hall–Kier alpha value is -0.650. The maximum atomic E-state index is 11.6. The molecule has 0 aromatic rings. The summed E-state index contributed by atoms with van der Waals surface area (Å²) in [5.74, 6) is 5.14. The second kappa shape index (κ2) is 5.33. The van der Waals surface area contributed by atoms with Crippen molar-refractivity contribution in [1.82, 2.24) is 15.2 Å². The minimum Gasteiger partial charge on any atom is -0.298 e. The highest BCUT2D eigenvalue weighted by Gasteiger charge is 2.36. The van der Waals surface area contributed by atoms with Gasteiger partial charge < -0.3 is 0 Å². The predicted molar refractivity (Wildman–Crippen MR) is 67.2 cm³/mol. The van der Waals surface area contributed by atoms with Crippen LogP contribution in [-0.2, 0) is 4.79 Å². The second-order valence-corrected chi connectivity index (χ2v) is 5.37. The molecule has 5 heteroatoms. The van der Waals surface area contributed by atoms with E-state index in [-0.39, 0.29) is 11.9 Å². The molecule has 1 amide bonds. The monoisotopic (exact) mass is 240 g/mol. The van der Waals surface area contributed by atoms with Crippen LogP contribution in [-0.4, -0.2) is 53.5 Å². The second-order valence-electron chi connectivity index (χ2n) is 5.37. The van der Waals surface area contributed by atoms with Gasteiger partial charge in [-0.05, 0) is 33.2 Å². The van der Waals surface area contributed by atoms with Gasteiger partial charge in [0.2, 0.25) is 0 Å². The number of hydrogen-bond donors (Lipinski definition) is 2. The predicted octanol–water partition coefficient (Wildman–Crippen LogP) is -0.0766. The van der Waals surface area contributed by atoms with Crippen LogP contribution in [0.15, 0.2) is 0 Å². The van der Waals surface area contributed by atoms with Crippen molar-refractivity contribution >= 4 is 5.91 Å². The van der Waals surface area contributed by atoms with Crippen LogP contribution in [0.4, 0.5) is 0 Å².